The maximum absolute atomic E-state index is 10.7. The zero-order valence-corrected chi connectivity index (χ0v) is 7.08. The van der Waals surface area contributed by atoms with Gasteiger partial charge in [-0.05, 0) is 36.5 Å². The SMILES string of the molecule is O=Cc1c(O)c(O)cc2c1CCC2. The molecule has 0 saturated heterocycles. The van der Waals surface area contributed by atoms with Gasteiger partial charge >= 0.3 is 0 Å². The van der Waals surface area contributed by atoms with Crippen molar-refractivity contribution < 1.29 is 15.0 Å². The van der Waals surface area contributed by atoms with Crippen LogP contribution in [0.25, 0.3) is 0 Å². The van der Waals surface area contributed by atoms with Crippen molar-refractivity contribution in [2.45, 2.75) is 19.3 Å². The molecule has 2 N–H and O–H groups in total. The summed E-state index contributed by atoms with van der Waals surface area (Å²) >= 11 is 0. The number of aryl methyl sites for hydroxylation is 1. The number of carbonyl (C=O) groups is 1. The Morgan fingerprint density at radius 3 is 2.77 bits per heavy atom. The van der Waals surface area contributed by atoms with Crippen molar-refractivity contribution in [2.24, 2.45) is 0 Å². The molecule has 0 atom stereocenters. The first-order valence-corrected chi connectivity index (χ1v) is 4.26. The van der Waals surface area contributed by atoms with Gasteiger partial charge in [-0.3, -0.25) is 4.79 Å². The monoisotopic (exact) mass is 178 g/mol. The van der Waals surface area contributed by atoms with Crippen LogP contribution in [-0.4, -0.2) is 16.5 Å². The van der Waals surface area contributed by atoms with Gasteiger partial charge in [-0.2, -0.15) is 0 Å². The van der Waals surface area contributed by atoms with E-state index in [4.69, 9.17) is 0 Å². The molecule has 68 valence electrons. The molecule has 0 heterocycles. The Kier molecular flexibility index (Phi) is 1.72. The molecule has 0 bridgehead atoms. The molecule has 1 aromatic carbocycles. The third-order valence-electron chi connectivity index (χ3n) is 2.51. The first-order chi connectivity index (χ1) is 6.24. The van der Waals surface area contributed by atoms with Gasteiger partial charge in [-0.1, -0.05) is 0 Å². The number of phenolic OH excluding ortho intramolecular Hbond substituents is 2. The number of hydrogen-bond donors (Lipinski definition) is 2. The van der Waals surface area contributed by atoms with Crippen LogP contribution < -0.4 is 0 Å². The van der Waals surface area contributed by atoms with Gasteiger partial charge in [0.2, 0.25) is 0 Å². The largest absolute Gasteiger partial charge is 0.504 e. The van der Waals surface area contributed by atoms with Crippen molar-refractivity contribution in [3.8, 4) is 11.5 Å². The Morgan fingerprint density at radius 1 is 1.31 bits per heavy atom. The van der Waals surface area contributed by atoms with Crippen molar-refractivity contribution in [1.82, 2.24) is 0 Å². The molecular weight excluding hydrogens is 168 g/mol. The molecule has 0 saturated carbocycles. The Bertz CT molecular complexity index is 369. The Morgan fingerprint density at radius 2 is 2.08 bits per heavy atom. The lowest BCUT2D eigenvalue weighted by atomic mass is 10.0. The van der Waals surface area contributed by atoms with Gasteiger partial charge in [0.25, 0.3) is 0 Å². The molecule has 0 aromatic heterocycles. The lowest BCUT2D eigenvalue weighted by Gasteiger charge is -2.06. The number of carbonyl (C=O) groups excluding carboxylic acids is 1. The van der Waals surface area contributed by atoms with E-state index in [1.165, 1.54) is 0 Å². The Hall–Kier alpha value is -1.51. The maximum atomic E-state index is 10.7. The fraction of sp³-hybridized carbons (Fsp3) is 0.300. The molecule has 3 nitrogen and oxygen atoms in total. The molecule has 0 fully saturated rings. The van der Waals surface area contributed by atoms with E-state index >= 15 is 0 Å². The highest BCUT2D eigenvalue weighted by atomic mass is 16.3. The number of fused-ring (bicyclic) bond motifs is 1. The van der Waals surface area contributed by atoms with Crippen LogP contribution in [0.1, 0.15) is 27.9 Å². The average molecular weight is 178 g/mol. The predicted molar refractivity (Wildman–Crippen MR) is 47.2 cm³/mol. The van der Waals surface area contributed by atoms with Crippen molar-refractivity contribution in [1.29, 1.82) is 0 Å². The van der Waals surface area contributed by atoms with E-state index in [1.54, 1.807) is 6.07 Å². The van der Waals surface area contributed by atoms with Gasteiger partial charge in [0.15, 0.2) is 17.8 Å². The standard InChI is InChI=1S/C10H10O3/c11-5-8-7-3-1-2-6(7)4-9(12)10(8)13/h4-5,12-13H,1-3H2. The third-order valence-corrected chi connectivity index (χ3v) is 2.51. The first kappa shape index (κ1) is 8.10. The van der Waals surface area contributed by atoms with Crippen molar-refractivity contribution >= 4 is 6.29 Å². The predicted octanol–water partition coefficient (Wildman–Crippen LogP) is 1.40. The molecule has 1 aliphatic rings. The molecule has 0 unspecified atom stereocenters. The molecule has 3 heteroatoms. The second kappa shape index (κ2) is 2.76. The molecule has 2 rings (SSSR count). The highest BCUT2D eigenvalue weighted by Crippen LogP contribution is 2.36. The number of phenols is 2. The molecule has 0 spiro atoms. The summed E-state index contributed by atoms with van der Waals surface area (Å²) in [4.78, 5) is 10.7. The van der Waals surface area contributed by atoms with E-state index in [9.17, 15) is 15.0 Å². The summed E-state index contributed by atoms with van der Waals surface area (Å²) in [7, 11) is 0. The topological polar surface area (TPSA) is 57.5 Å². The Balaban J connectivity index is 2.71. The zero-order chi connectivity index (χ0) is 9.42. The van der Waals surface area contributed by atoms with Gasteiger partial charge in [-0.25, -0.2) is 0 Å². The number of benzene rings is 1. The quantitative estimate of drug-likeness (QED) is 0.504. The summed E-state index contributed by atoms with van der Waals surface area (Å²) in [6, 6.07) is 1.55. The number of aromatic hydroxyl groups is 2. The van der Waals surface area contributed by atoms with Gasteiger partial charge in [-0.15, -0.1) is 0 Å². The molecule has 0 amide bonds. The molecule has 1 aliphatic carbocycles. The zero-order valence-electron chi connectivity index (χ0n) is 7.08. The van der Waals surface area contributed by atoms with Gasteiger partial charge in [0, 0.05) is 0 Å². The van der Waals surface area contributed by atoms with Crippen molar-refractivity contribution in [2.75, 3.05) is 0 Å². The van der Waals surface area contributed by atoms with E-state index in [0.29, 0.717) is 6.29 Å². The molecule has 1 aromatic rings. The summed E-state index contributed by atoms with van der Waals surface area (Å²) < 4.78 is 0. The molecule has 0 aliphatic heterocycles. The highest BCUT2D eigenvalue weighted by molar-refractivity contribution is 5.84. The second-order valence-corrected chi connectivity index (χ2v) is 3.27. The van der Waals surface area contributed by atoms with Gasteiger partial charge in [0.1, 0.15) is 0 Å². The van der Waals surface area contributed by atoms with E-state index in [-0.39, 0.29) is 17.1 Å². The van der Waals surface area contributed by atoms with Crippen LogP contribution >= 0.6 is 0 Å². The smallest absolute Gasteiger partial charge is 0.168 e. The third kappa shape index (κ3) is 1.08. The minimum Gasteiger partial charge on any atom is -0.504 e. The van der Waals surface area contributed by atoms with Crippen LogP contribution in [0.5, 0.6) is 11.5 Å². The van der Waals surface area contributed by atoms with Gasteiger partial charge in [0.05, 0.1) is 5.56 Å². The normalized spacial score (nSPS) is 14.2. The summed E-state index contributed by atoms with van der Waals surface area (Å²) in [6.07, 6.45) is 3.29. The molecular formula is C10H10O3. The van der Waals surface area contributed by atoms with Crippen LogP contribution in [0.4, 0.5) is 0 Å². The summed E-state index contributed by atoms with van der Waals surface area (Å²) in [5, 5.41) is 18.7. The number of aldehydes is 1. The van der Waals surface area contributed by atoms with Gasteiger partial charge < -0.3 is 10.2 Å². The lowest BCUT2D eigenvalue weighted by molar-refractivity contribution is 0.111. The van der Waals surface area contributed by atoms with E-state index < -0.39 is 0 Å². The summed E-state index contributed by atoms with van der Waals surface area (Å²) in [5.41, 5.74) is 2.13. The first-order valence-electron chi connectivity index (χ1n) is 4.26. The average Bonchev–Trinajstić information content (AvgIpc) is 2.54. The minimum atomic E-state index is -0.282. The van der Waals surface area contributed by atoms with Crippen molar-refractivity contribution in [3.05, 3.63) is 22.8 Å². The Labute approximate surface area is 75.6 Å². The fourth-order valence-corrected chi connectivity index (χ4v) is 1.88. The minimum absolute atomic E-state index is 0.192. The van der Waals surface area contributed by atoms with Crippen LogP contribution in [0.3, 0.4) is 0 Å². The van der Waals surface area contributed by atoms with Crippen LogP contribution in [-0.2, 0) is 12.8 Å². The van der Waals surface area contributed by atoms with E-state index in [0.717, 1.165) is 30.4 Å². The molecule has 0 radical (unpaired) electrons. The van der Waals surface area contributed by atoms with Crippen LogP contribution in [0.15, 0.2) is 6.07 Å². The number of rotatable bonds is 1. The summed E-state index contributed by atoms with van der Waals surface area (Å²) in [6.45, 7) is 0. The second-order valence-electron chi connectivity index (χ2n) is 3.27. The van der Waals surface area contributed by atoms with Crippen molar-refractivity contribution in [3.63, 3.8) is 0 Å². The van der Waals surface area contributed by atoms with E-state index in [2.05, 4.69) is 0 Å². The summed E-state index contributed by atoms with van der Waals surface area (Å²) in [5.74, 6) is -0.474. The highest BCUT2D eigenvalue weighted by Gasteiger charge is 2.20. The fourth-order valence-electron chi connectivity index (χ4n) is 1.88. The van der Waals surface area contributed by atoms with E-state index in [1.807, 2.05) is 0 Å². The number of hydrogen-bond acceptors (Lipinski definition) is 3. The maximum Gasteiger partial charge on any atom is 0.168 e. The molecule has 13 heavy (non-hydrogen) atoms. The van der Waals surface area contributed by atoms with Crippen LogP contribution in [0.2, 0.25) is 0 Å². The van der Waals surface area contributed by atoms with Crippen LogP contribution in [0, 0.1) is 0 Å². The lowest BCUT2D eigenvalue weighted by Crippen LogP contribution is -1.92.